The summed E-state index contributed by atoms with van der Waals surface area (Å²) >= 11 is 3.34. The number of hydrogen-bond donors (Lipinski definition) is 2. The lowest BCUT2D eigenvalue weighted by Crippen LogP contribution is -2.43. The molecule has 19 heavy (non-hydrogen) atoms. The first kappa shape index (κ1) is 16.0. The molecule has 0 aliphatic heterocycles. The Hall–Kier alpha value is -1.07. The molecule has 4 nitrogen and oxygen atoms in total. The third kappa shape index (κ3) is 5.20. The summed E-state index contributed by atoms with van der Waals surface area (Å²) in [7, 11) is 0. The Labute approximate surface area is 122 Å². The lowest BCUT2D eigenvalue weighted by Gasteiger charge is -2.25. The molecule has 106 valence electrons. The van der Waals surface area contributed by atoms with Crippen LogP contribution in [0.2, 0.25) is 0 Å². The minimum absolute atomic E-state index is 0.0634. The highest BCUT2D eigenvalue weighted by molar-refractivity contribution is 9.10. The molecule has 0 heterocycles. The van der Waals surface area contributed by atoms with Crippen LogP contribution in [0.15, 0.2) is 28.7 Å². The molecule has 0 aliphatic carbocycles. The molecular formula is C14H20BrNO3. The average molecular weight is 330 g/mol. The zero-order valence-corrected chi connectivity index (χ0v) is 12.9. The van der Waals surface area contributed by atoms with E-state index in [0.717, 1.165) is 4.47 Å². The van der Waals surface area contributed by atoms with Crippen LogP contribution in [-0.4, -0.2) is 29.8 Å². The van der Waals surface area contributed by atoms with Gasteiger partial charge in [-0.05, 0) is 40.9 Å². The first-order valence-corrected chi connectivity index (χ1v) is 7.16. The maximum atomic E-state index is 11.6. The van der Waals surface area contributed by atoms with Gasteiger partial charge in [-0.3, -0.25) is 4.79 Å². The molecule has 0 bridgehead atoms. The molecule has 2 N–H and O–H groups in total. The van der Waals surface area contributed by atoms with Gasteiger partial charge in [0.05, 0.1) is 10.1 Å². The van der Waals surface area contributed by atoms with E-state index in [1.165, 1.54) is 0 Å². The average Bonchev–Trinajstić information content (AvgIpc) is 2.44. The fourth-order valence-electron chi connectivity index (χ4n) is 1.52. The van der Waals surface area contributed by atoms with Gasteiger partial charge in [0.25, 0.3) is 5.91 Å². The van der Waals surface area contributed by atoms with Crippen molar-refractivity contribution in [3.8, 4) is 5.75 Å². The van der Waals surface area contributed by atoms with Crippen LogP contribution in [0.3, 0.4) is 0 Å². The van der Waals surface area contributed by atoms with E-state index in [9.17, 15) is 9.90 Å². The van der Waals surface area contributed by atoms with E-state index in [2.05, 4.69) is 21.2 Å². The van der Waals surface area contributed by atoms with Crippen LogP contribution >= 0.6 is 15.9 Å². The summed E-state index contributed by atoms with van der Waals surface area (Å²) in [6.07, 6.45) is 1.21. The summed E-state index contributed by atoms with van der Waals surface area (Å²) < 4.78 is 6.20. The Morgan fingerprint density at radius 2 is 2.00 bits per heavy atom. The largest absolute Gasteiger partial charge is 0.483 e. The van der Waals surface area contributed by atoms with E-state index in [1.54, 1.807) is 6.07 Å². The number of amides is 1. The summed E-state index contributed by atoms with van der Waals surface area (Å²) in [5.74, 6) is 0.384. The van der Waals surface area contributed by atoms with Gasteiger partial charge in [-0.1, -0.05) is 26.0 Å². The van der Waals surface area contributed by atoms with Crippen LogP contribution in [0.4, 0.5) is 0 Å². The van der Waals surface area contributed by atoms with Crippen molar-refractivity contribution in [2.45, 2.75) is 32.3 Å². The minimum Gasteiger partial charge on any atom is -0.483 e. The van der Waals surface area contributed by atoms with Gasteiger partial charge < -0.3 is 15.2 Å². The van der Waals surface area contributed by atoms with E-state index in [1.807, 2.05) is 32.0 Å². The molecule has 0 saturated carbocycles. The van der Waals surface area contributed by atoms with E-state index in [4.69, 9.17) is 4.74 Å². The maximum absolute atomic E-state index is 11.6. The Morgan fingerprint density at radius 1 is 1.37 bits per heavy atom. The zero-order valence-electron chi connectivity index (χ0n) is 11.3. The molecule has 1 rings (SSSR count). The van der Waals surface area contributed by atoms with Crippen molar-refractivity contribution in [1.29, 1.82) is 0 Å². The Kier molecular flexibility index (Phi) is 6.31. The fourth-order valence-corrected chi connectivity index (χ4v) is 1.92. The number of carbonyl (C=O) groups is 1. The van der Waals surface area contributed by atoms with E-state index >= 15 is 0 Å². The van der Waals surface area contributed by atoms with E-state index in [0.29, 0.717) is 18.6 Å². The number of carbonyl (C=O) groups excluding carboxylic acids is 1. The zero-order chi connectivity index (χ0) is 14.3. The first-order chi connectivity index (χ1) is 9.00. The first-order valence-electron chi connectivity index (χ1n) is 6.37. The summed E-state index contributed by atoms with van der Waals surface area (Å²) in [6, 6.07) is 7.34. The van der Waals surface area contributed by atoms with Crippen molar-refractivity contribution in [2.24, 2.45) is 0 Å². The highest BCUT2D eigenvalue weighted by atomic mass is 79.9. The molecule has 0 atom stereocenters. The molecule has 1 amide bonds. The van der Waals surface area contributed by atoms with Gasteiger partial charge in [0.15, 0.2) is 6.61 Å². The summed E-state index contributed by atoms with van der Waals surface area (Å²) in [4.78, 5) is 11.6. The van der Waals surface area contributed by atoms with Crippen molar-refractivity contribution >= 4 is 21.8 Å². The predicted octanol–water partition coefficient (Wildman–Crippen LogP) is 2.50. The number of hydrogen-bond acceptors (Lipinski definition) is 3. The van der Waals surface area contributed by atoms with Crippen molar-refractivity contribution < 1.29 is 14.6 Å². The Balaban J connectivity index is 2.39. The molecule has 0 spiro atoms. The van der Waals surface area contributed by atoms with Crippen LogP contribution in [0, 0.1) is 0 Å². The second-order valence-electron chi connectivity index (χ2n) is 4.43. The standard InChI is InChI=1S/C14H20BrNO3/c1-3-14(18,4-2)10-16-13(17)9-19-12-8-6-5-7-11(12)15/h5-8,18H,3-4,9-10H2,1-2H3,(H,16,17). The molecule has 5 heteroatoms. The molecule has 0 radical (unpaired) electrons. The number of benzene rings is 1. The van der Waals surface area contributed by atoms with E-state index in [-0.39, 0.29) is 19.1 Å². The van der Waals surface area contributed by atoms with Crippen LogP contribution < -0.4 is 10.1 Å². The molecule has 0 aliphatic rings. The summed E-state index contributed by atoms with van der Waals surface area (Å²) in [5.41, 5.74) is -0.830. The highest BCUT2D eigenvalue weighted by Gasteiger charge is 2.22. The maximum Gasteiger partial charge on any atom is 0.258 e. The van der Waals surface area contributed by atoms with E-state index < -0.39 is 5.60 Å². The van der Waals surface area contributed by atoms with Crippen LogP contribution in [0.1, 0.15) is 26.7 Å². The fraction of sp³-hybridized carbons (Fsp3) is 0.500. The predicted molar refractivity (Wildman–Crippen MR) is 78.2 cm³/mol. The Morgan fingerprint density at radius 3 is 2.58 bits per heavy atom. The number of rotatable bonds is 7. The van der Waals surface area contributed by atoms with Crippen molar-refractivity contribution in [2.75, 3.05) is 13.2 Å². The number of para-hydroxylation sites is 1. The van der Waals surface area contributed by atoms with Gasteiger partial charge in [-0.25, -0.2) is 0 Å². The van der Waals surface area contributed by atoms with Crippen LogP contribution in [-0.2, 0) is 4.79 Å². The van der Waals surface area contributed by atoms with Gasteiger partial charge in [0, 0.05) is 6.54 Å². The topological polar surface area (TPSA) is 58.6 Å². The van der Waals surface area contributed by atoms with Gasteiger partial charge in [0.2, 0.25) is 0 Å². The molecule has 0 fully saturated rings. The van der Waals surface area contributed by atoms with Gasteiger partial charge in [0.1, 0.15) is 5.75 Å². The molecule has 0 unspecified atom stereocenters. The SMILES string of the molecule is CCC(O)(CC)CNC(=O)COc1ccccc1Br. The third-order valence-corrected chi connectivity index (χ3v) is 3.78. The third-order valence-electron chi connectivity index (χ3n) is 3.13. The quantitative estimate of drug-likeness (QED) is 0.808. The van der Waals surface area contributed by atoms with Crippen LogP contribution in [0.25, 0.3) is 0 Å². The normalized spacial score (nSPS) is 11.2. The van der Waals surface area contributed by atoms with Gasteiger partial charge in [-0.2, -0.15) is 0 Å². The number of nitrogens with one attached hydrogen (secondary N) is 1. The highest BCUT2D eigenvalue weighted by Crippen LogP contribution is 2.23. The Bertz CT molecular complexity index is 419. The lowest BCUT2D eigenvalue weighted by atomic mass is 9.98. The van der Waals surface area contributed by atoms with Crippen molar-refractivity contribution in [3.63, 3.8) is 0 Å². The molecular weight excluding hydrogens is 310 g/mol. The molecule has 0 saturated heterocycles. The number of halogens is 1. The second-order valence-corrected chi connectivity index (χ2v) is 5.28. The van der Waals surface area contributed by atoms with Crippen LogP contribution in [0.5, 0.6) is 5.75 Å². The molecule has 1 aromatic rings. The summed E-state index contributed by atoms with van der Waals surface area (Å²) in [6.45, 7) is 3.98. The molecule has 1 aromatic carbocycles. The lowest BCUT2D eigenvalue weighted by molar-refractivity contribution is -0.124. The summed E-state index contributed by atoms with van der Waals surface area (Å²) in [5, 5.41) is 12.7. The van der Waals surface area contributed by atoms with Gasteiger partial charge >= 0.3 is 0 Å². The minimum atomic E-state index is -0.830. The van der Waals surface area contributed by atoms with Crippen molar-refractivity contribution in [3.05, 3.63) is 28.7 Å². The number of ether oxygens (including phenoxy) is 1. The second kappa shape index (κ2) is 7.50. The van der Waals surface area contributed by atoms with Gasteiger partial charge in [-0.15, -0.1) is 0 Å². The number of aliphatic hydroxyl groups is 1. The molecule has 0 aromatic heterocycles. The van der Waals surface area contributed by atoms with Crippen molar-refractivity contribution in [1.82, 2.24) is 5.32 Å². The monoisotopic (exact) mass is 329 g/mol. The smallest absolute Gasteiger partial charge is 0.258 e.